The summed E-state index contributed by atoms with van der Waals surface area (Å²) in [4.78, 5) is 15.7. The molecule has 0 aromatic heterocycles. The molecule has 1 atom stereocenters. The third-order valence-electron chi connectivity index (χ3n) is 3.55. The normalized spacial score (nSPS) is 12.2. The van der Waals surface area contributed by atoms with E-state index in [-0.39, 0.29) is 42.1 Å². The number of hydrogen-bond acceptors (Lipinski definition) is 3. The Morgan fingerprint density at radius 1 is 1.26 bits per heavy atom. The van der Waals surface area contributed by atoms with E-state index in [9.17, 15) is 13.6 Å². The molecule has 0 aliphatic rings. The maximum Gasteiger partial charge on any atom is 0.407 e. The lowest BCUT2D eigenvalue weighted by Crippen LogP contribution is -2.47. The van der Waals surface area contributed by atoms with Crippen LogP contribution < -0.4 is 16.0 Å². The van der Waals surface area contributed by atoms with E-state index in [4.69, 9.17) is 4.74 Å². The molecule has 1 amide bonds. The zero-order chi connectivity index (χ0) is 19.5. The highest BCUT2D eigenvalue weighted by atomic mass is 127. The van der Waals surface area contributed by atoms with E-state index >= 15 is 0 Å². The van der Waals surface area contributed by atoms with E-state index in [0.717, 1.165) is 24.6 Å². The first-order valence-corrected chi connectivity index (χ1v) is 8.67. The van der Waals surface area contributed by atoms with Gasteiger partial charge < -0.3 is 20.7 Å². The van der Waals surface area contributed by atoms with Crippen molar-refractivity contribution in [3.05, 3.63) is 35.4 Å². The monoisotopic (exact) mass is 498 g/mol. The summed E-state index contributed by atoms with van der Waals surface area (Å²) in [5.74, 6) is -0.189. The maximum atomic E-state index is 13.7. The molecule has 1 aromatic rings. The van der Waals surface area contributed by atoms with Gasteiger partial charge in [0.1, 0.15) is 11.6 Å². The summed E-state index contributed by atoms with van der Waals surface area (Å²) in [6.07, 6.45) is 0.283. The molecule has 1 unspecified atom stereocenters. The van der Waals surface area contributed by atoms with Gasteiger partial charge >= 0.3 is 6.09 Å². The number of guanidine groups is 1. The minimum Gasteiger partial charge on any atom is -0.450 e. The molecule has 0 aliphatic carbocycles. The van der Waals surface area contributed by atoms with Crippen LogP contribution in [-0.2, 0) is 11.3 Å². The summed E-state index contributed by atoms with van der Waals surface area (Å²) in [7, 11) is 1.58. The van der Waals surface area contributed by atoms with Crippen molar-refractivity contribution in [2.75, 3.05) is 20.2 Å². The van der Waals surface area contributed by atoms with Crippen molar-refractivity contribution in [2.24, 2.45) is 10.9 Å². The lowest BCUT2D eigenvalue weighted by Gasteiger charge is -2.22. The fourth-order valence-corrected chi connectivity index (χ4v) is 2.40. The topological polar surface area (TPSA) is 74.8 Å². The highest BCUT2D eigenvalue weighted by Crippen LogP contribution is 2.09. The molecule has 27 heavy (non-hydrogen) atoms. The SMILES string of the molecule is CCOC(=O)NC(CNC(=NC)NCc1cc(F)ccc1F)CC(C)C.I. The number of hydrogen-bond donors (Lipinski definition) is 3. The van der Waals surface area contributed by atoms with Crippen LogP contribution in [0.15, 0.2) is 23.2 Å². The summed E-state index contributed by atoms with van der Waals surface area (Å²) >= 11 is 0. The number of carbonyl (C=O) groups is 1. The summed E-state index contributed by atoms with van der Waals surface area (Å²) in [6.45, 7) is 6.66. The summed E-state index contributed by atoms with van der Waals surface area (Å²) < 4.78 is 31.8. The molecule has 0 radical (unpaired) electrons. The Bertz CT molecular complexity index is 615. The van der Waals surface area contributed by atoms with Gasteiger partial charge in [-0.2, -0.15) is 0 Å². The number of alkyl carbamates (subject to hydrolysis) is 1. The average molecular weight is 498 g/mol. The van der Waals surface area contributed by atoms with Crippen molar-refractivity contribution in [1.82, 2.24) is 16.0 Å². The molecular formula is C18H29F2IN4O2. The molecule has 0 spiro atoms. The van der Waals surface area contributed by atoms with Crippen LogP contribution in [0.2, 0.25) is 0 Å². The van der Waals surface area contributed by atoms with Gasteiger partial charge in [0.05, 0.1) is 6.61 Å². The van der Waals surface area contributed by atoms with Gasteiger partial charge in [0, 0.05) is 31.7 Å². The first kappa shape index (κ1) is 25.4. The molecule has 1 aromatic carbocycles. The first-order valence-electron chi connectivity index (χ1n) is 8.67. The number of benzene rings is 1. The predicted octanol–water partition coefficient (Wildman–Crippen LogP) is 3.41. The highest BCUT2D eigenvalue weighted by Gasteiger charge is 2.15. The van der Waals surface area contributed by atoms with Crippen molar-refractivity contribution in [3.8, 4) is 0 Å². The second-order valence-corrected chi connectivity index (χ2v) is 6.23. The van der Waals surface area contributed by atoms with Crippen LogP contribution in [0.25, 0.3) is 0 Å². The Morgan fingerprint density at radius 3 is 2.56 bits per heavy atom. The van der Waals surface area contributed by atoms with Gasteiger partial charge in [0.2, 0.25) is 0 Å². The lowest BCUT2D eigenvalue weighted by atomic mass is 10.0. The summed E-state index contributed by atoms with van der Waals surface area (Å²) in [5, 5.41) is 8.81. The Kier molecular flexibility index (Phi) is 12.7. The van der Waals surface area contributed by atoms with Crippen LogP contribution in [0.3, 0.4) is 0 Å². The van der Waals surface area contributed by atoms with E-state index in [1.54, 1.807) is 14.0 Å². The third-order valence-corrected chi connectivity index (χ3v) is 3.55. The van der Waals surface area contributed by atoms with Crippen LogP contribution in [0, 0.1) is 17.6 Å². The molecule has 0 saturated carbocycles. The van der Waals surface area contributed by atoms with Gasteiger partial charge in [-0.1, -0.05) is 13.8 Å². The average Bonchev–Trinajstić information content (AvgIpc) is 2.57. The number of halogens is 3. The Morgan fingerprint density at radius 2 is 1.96 bits per heavy atom. The quantitative estimate of drug-likeness (QED) is 0.292. The number of aliphatic imine (C=N–C) groups is 1. The molecule has 1 rings (SSSR count). The van der Waals surface area contributed by atoms with Crippen molar-refractivity contribution in [2.45, 2.75) is 39.8 Å². The summed E-state index contributed by atoms with van der Waals surface area (Å²) in [5.41, 5.74) is 0.205. The number of carbonyl (C=O) groups excluding carboxylic acids is 1. The molecule has 3 N–H and O–H groups in total. The van der Waals surface area contributed by atoms with Gasteiger partial charge in [-0.25, -0.2) is 13.6 Å². The van der Waals surface area contributed by atoms with Gasteiger partial charge in [0.25, 0.3) is 0 Å². The first-order chi connectivity index (χ1) is 12.3. The van der Waals surface area contributed by atoms with Crippen LogP contribution in [-0.4, -0.2) is 38.3 Å². The molecular weight excluding hydrogens is 469 g/mol. The fourth-order valence-electron chi connectivity index (χ4n) is 2.40. The molecule has 0 bridgehead atoms. The Balaban J connectivity index is 0.00000676. The van der Waals surface area contributed by atoms with Gasteiger partial charge in [-0.3, -0.25) is 4.99 Å². The minimum atomic E-state index is -0.498. The number of nitrogens with one attached hydrogen (secondary N) is 3. The molecule has 154 valence electrons. The van der Waals surface area contributed by atoms with Crippen LogP contribution >= 0.6 is 24.0 Å². The third kappa shape index (κ3) is 10.3. The van der Waals surface area contributed by atoms with Gasteiger partial charge in [-0.05, 0) is 37.5 Å². The van der Waals surface area contributed by atoms with Gasteiger partial charge in [-0.15, -0.1) is 24.0 Å². The van der Waals surface area contributed by atoms with Crippen molar-refractivity contribution < 1.29 is 18.3 Å². The zero-order valence-corrected chi connectivity index (χ0v) is 18.5. The zero-order valence-electron chi connectivity index (χ0n) is 16.1. The largest absolute Gasteiger partial charge is 0.450 e. The molecule has 6 nitrogen and oxygen atoms in total. The summed E-state index contributed by atoms with van der Waals surface area (Å²) in [6, 6.07) is 3.14. The smallest absolute Gasteiger partial charge is 0.407 e. The number of ether oxygens (including phenoxy) is 1. The van der Waals surface area contributed by atoms with E-state index in [1.165, 1.54) is 0 Å². The van der Waals surface area contributed by atoms with Crippen molar-refractivity contribution in [3.63, 3.8) is 0 Å². The predicted molar refractivity (Wildman–Crippen MR) is 113 cm³/mol. The molecule has 0 saturated heterocycles. The molecule has 0 fully saturated rings. The molecule has 0 heterocycles. The second kappa shape index (κ2) is 13.5. The maximum absolute atomic E-state index is 13.7. The van der Waals surface area contributed by atoms with E-state index in [2.05, 4.69) is 34.8 Å². The number of amides is 1. The van der Waals surface area contributed by atoms with E-state index < -0.39 is 17.7 Å². The standard InChI is InChI=1S/C18H28F2N4O2.HI/c1-5-26-18(25)24-15(8-12(2)3)11-23-17(21-4)22-10-13-9-14(19)6-7-16(13)20;/h6-7,9,12,15H,5,8,10-11H2,1-4H3,(H,24,25)(H2,21,22,23);1H. The fraction of sp³-hybridized carbons (Fsp3) is 0.556. The Hall–Kier alpha value is -1.65. The van der Waals surface area contributed by atoms with E-state index in [1.807, 2.05) is 0 Å². The van der Waals surface area contributed by atoms with Crippen molar-refractivity contribution >= 4 is 36.0 Å². The van der Waals surface area contributed by atoms with E-state index in [0.29, 0.717) is 25.0 Å². The second-order valence-electron chi connectivity index (χ2n) is 6.23. The van der Waals surface area contributed by atoms with Crippen LogP contribution in [0.5, 0.6) is 0 Å². The van der Waals surface area contributed by atoms with Crippen LogP contribution in [0.4, 0.5) is 13.6 Å². The van der Waals surface area contributed by atoms with Crippen molar-refractivity contribution in [1.29, 1.82) is 0 Å². The molecule has 0 aliphatic heterocycles. The number of rotatable bonds is 8. The minimum absolute atomic E-state index is 0. The van der Waals surface area contributed by atoms with Crippen LogP contribution in [0.1, 0.15) is 32.8 Å². The lowest BCUT2D eigenvalue weighted by molar-refractivity contribution is 0.146. The van der Waals surface area contributed by atoms with Gasteiger partial charge in [0.15, 0.2) is 5.96 Å². The number of nitrogens with zero attached hydrogens (tertiary/aromatic N) is 1. The highest BCUT2D eigenvalue weighted by molar-refractivity contribution is 14.0. The Labute approximate surface area is 176 Å². The molecule has 9 heteroatoms.